The molecule has 0 saturated carbocycles. The van der Waals surface area contributed by atoms with E-state index in [1.807, 2.05) is 0 Å². The molecular formula is C16H32. The zero-order valence-electron chi connectivity index (χ0n) is 12.5. The molecule has 0 saturated heterocycles. The molecule has 4 unspecified atom stereocenters. The smallest absolute Gasteiger partial charge is 0.0236 e. The van der Waals surface area contributed by atoms with Crippen molar-refractivity contribution in [2.75, 3.05) is 0 Å². The van der Waals surface area contributed by atoms with Gasteiger partial charge in [-0.05, 0) is 41.9 Å². The highest BCUT2D eigenvalue weighted by molar-refractivity contribution is 4.85. The van der Waals surface area contributed by atoms with Gasteiger partial charge in [-0.2, -0.15) is 0 Å². The predicted octanol–water partition coefficient (Wildman–Crippen LogP) is 5.40. The molecule has 0 fully saturated rings. The van der Waals surface area contributed by atoms with Crippen LogP contribution >= 0.6 is 0 Å². The van der Waals surface area contributed by atoms with E-state index >= 15 is 0 Å². The van der Waals surface area contributed by atoms with Crippen molar-refractivity contribution in [3.63, 3.8) is 0 Å². The van der Waals surface area contributed by atoms with Gasteiger partial charge < -0.3 is 0 Å². The van der Waals surface area contributed by atoms with Crippen molar-refractivity contribution in [2.24, 2.45) is 35.5 Å². The van der Waals surface area contributed by atoms with Gasteiger partial charge in [-0.25, -0.2) is 0 Å². The second kappa shape index (κ2) is 7.14. The first-order chi connectivity index (χ1) is 7.31. The van der Waals surface area contributed by atoms with Crippen molar-refractivity contribution in [3.05, 3.63) is 12.7 Å². The maximum absolute atomic E-state index is 3.95. The van der Waals surface area contributed by atoms with Crippen LogP contribution in [0.3, 0.4) is 0 Å². The van der Waals surface area contributed by atoms with Crippen LogP contribution < -0.4 is 0 Å². The number of hydrogen-bond acceptors (Lipinski definition) is 0. The normalized spacial score (nSPS) is 19.6. The molecule has 0 N–H and O–H groups in total. The van der Waals surface area contributed by atoms with Crippen LogP contribution in [0.25, 0.3) is 0 Å². The minimum atomic E-state index is 0.630. The Morgan fingerprint density at radius 3 is 1.69 bits per heavy atom. The third-order valence-corrected chi connectivity index (χ3v) is 4.35. The summed E-state index contributed by atoms with van der Waals surface area (Å²) < 4.78 is 0. The maximum Gasteiger partial charge on any atom is -0.0236 e. The lowest BCUT2D eigenvalue weighted by Crippen LogP contribution is -2.28. The Hall–Kier alpha value is -0.260. The van der Waals surface area contributed by atoms with Crippen LogP contribution in [0.2, 0.25) is 0 Å². The van der Waals surface area contributed by atoms with Gasteiger partial charge in [0, 0.05) is 0 Å². The summed E-state index contributed by atoms with van der Waals surface area (Å²) >= 11 is 0. The monoisotopic (exact) mass is 224 g/mol. The lowest BCUT2D eigenvalue weighted by molar-refractivity contribution is 0.149. The van der Waals surface area contributed by atoms with Gasteiger partial charge in [0.2, 0.25) is 0 Å². The van der Waals surface area contributed by atoms with Crippen molar-refractivity contribution in [1.82, 2.24) is 0 Å². The largest absolute Gasteiger partial charge is 0.103 e. The average molecular weight is 224 g/mol. The first-order valence-electron chi connectivity index (χ1n) is 6.93. The fourth-order valence-corrected chi connectivity index (χ4v) is 2.55. The summed E-state index contributed by atoms with van der Waals surface area (Å²) in [6.45, 7) is 20.5. The second-order valence-corrected chi connectivity index (χ2v) is 6.35. The second-order valence-electron chi connectivity index (χ2n) is 6.35. The van der Waals surface area contributed by atoms with E-state index in [0.29, 0.717) is 5.92 Å². The Morgan fingerprint density at radius 1 is 0.875 bits per heavy atom. The van der Waals surface area contributed by atoms with E-state index < -0.39 is 0 Å². The Balaban J connectivity index is 4.71. The van der Waals surface area contributed by atoms with E-state index in [9.17, 15) is 0 Å². The van der Waals surface area contributed by atoms with E-state index in [-0.39, 0.29) is 0 Å². The van der Waals surface area contributed by atoms with Crippen LogP contribution in [0.15, 0.2) is 12.7 Å². The molecule has 0 spiro atoms. The van der Waals surface area contributed by atoms with Crippen molar-refractivity contribution in [1.29, 1.82) is 0 Å². The lowest BCUT2D eigenvalue weighted by Gasteiger charge is -2.35. The fourth-order valence-electron chi connectivity index (χ4n) is 2.55. The van der Waals surface area contributed by atoms with Crippen molar-refractivity contribution < 1.29 is 0 Å². The Bertz CT molecular complexity index is 190. The summed E-state index contributed by atoms with van der Waals surface area (Å²) in [4.78, 5) is 0. The quantitative estimate of drug-likeness (QED) is 0.508. The highest BCUT2D eigenvalue weighted by atomic mass is 14.3. The van der Waals surface area contributed by atoms with Gasteiger partial charge >= 0.3 is 0 Å². The molecule has 0 aliphatic rings. The molecule has 0 aliphatic heterocycles. The van der Waals surface area contributed by atoms with Crippen LogP contribution in [0.4, 0.5) is 0 Å². The van der Waals surface area contributed by atoms with Crippen molar-refractivity contribution in [2.45, 2.75) is 54.9 Å². The maximum atomic E-state index is 3.95. The molecule has 0 heteroatoms. The third kappa shape index (κ3) is 4.72. The highest BCUT2D eigenvalue weighted by Crippen LogP contribution is 2.36. The fraction of sp³-hybridized carbons (Fsp3) is 0.875. The zero-order valence-corrected chi connectivity index (χ0v) is 12.5. The summed E-state index contributed by atoms with van der Waals surface area (Å²) in [5.74, 6) is 4.59. The van der Waals surface area contributed by atoms with Crippen LogP contribution in [-0.2, 0) is 0 Å². The van der Waals surface area contributed by atoms with E-state index in [2.05, 4.69) is 61.1 Å². The van der Waals surface area contributed by atoms with Crippen LogP contribution in [-0.4, -0.2) is 0 Å². The lowest BCUT2D eigenvalue weighted by atomic mass is 9.70. The Labute approximate surface area is 104 Å². The molecule has 0 heterocycles. The molecule has 0 amide bonds. The molecule has 4 atom stereocenters. The SMILES string of the molecule is C=CC(C)C(C)C(CC(C)C)C(C)C(C)C. The number of allylic oxidation sites excluding steroid dienone is 1. The van der Waals surface area contributed by atoms with Crippen molar-refractivity contribution >= 4 is 0 Å². The molecule has 0 bridgehead atoms. The van der Waals surface area contributed by atoms with Crippen LogP contribution in [0.1, 0.15) is 54.9 Å². The first-order valence-corrected chi connectivity index (χ1v) is 6.93. The molecular weight excluding hydrogens is 192 g/mol. The molecule has 0 nitrogen and oxygen atoms in total. The number of rotatable bonds is 7. The molecule has 0 aliphatic carbocycles. The molecule has 96 valence electrons. The first kappa shape index (κ1) is 15.7. The summed E-state index contributed by atoms with van der Waals surface area (Å²) in [6, 6.07) is 0. The van der Waals surface area contributed by atoms with Gasteiger partial charge in [0.1, 0.15) is 0 Å². The zero-order chi connectivity index (χ0) is 12.9. The Kier molecular flexibility index (Phi) is 7.03. The Morgan fingerprint density at radius 2 is 1.38 bits per heavy atom. The van der Waals surface area contributed by atoms with Gasteiger partial charge in [0.25, 0.3) is 0 Å². The van der Waals surface area contributed by atoms with Gasteiger partial charge in [-0.15, -0.1) is 6.58 Å². The van der Waals surface area contributed by atoms with E-state index in [1.54, 1.807) is 0 Å². The van der Waals surface area contributed by atoms with Crippen molar-refractivity contribution in [3.8, 4) is 0 Å². The topological polar surface area (TPSA) is 0 Å². The highest BCUT2D eigenvalue weighted by Gasteiger charge is 2.28. The molecule has 0 rings (SSSR count). The predicted molar refractivity (Wildman–Crippen MR) is 75.5 cm³/mol. The summed E-state index contributed by atoms with van der Waals surface area (Å²) in [5.41, 5.74) is 0. The summed E-state index contributed by atoms with van der Waals surface area (Å²) in [5, 5.41) is 0. The molecule has 16 heavy (non-hydrogen) atoms. The third-order valence-electron chi connectivity index (χ3n) is 4.35. The van der Waals surface area contributed by atoms with Gasteiger partial charge in [-0.3, -0.25) is 0 Å². The van der Waals surface area contributed by atoms with Gasteiger partial charge in [0.05, 0.1) is 0 Å². The number of hydrogen-bond donors (Lipinski definition) is 0. The van der Waals surface area contributed by atoms with Gasteiger partial charge in [-0.1, -0.05) is 54.5 Å². The summed E-state index contributed by atoms with van der Waals surface area (Å²) in [6.07, 6.45) is 3.46. The minimum Gasteiger partial charge on any atom is -0.103 e. The summed E-state index contributed by atoms with van der Waals surface area (Å²) in [7, 11) is 0. The minimum absolute atomic E-state index is 0.630. The van der Waals surface area contributed by atoms with E-state index in [1.165, 1.54) is 6.42 Å². The van der Waals surface area contributed by atoms with Crippen LogP contribution in [0, 0.1) is 35.5 Å². The molecule has 0 aromatic carbocycles. The molecule has 0 aromatic heterocycles. The van der Waals surface area contributed by atoms with Gasteiger partial charge in [0.15, 0.2) is 0 Å². The van der Waals surface area contributed by atoms with E-state index in [4.69, 9.17) is 0 Å². The average Bonchev–Trinajstić information content (AvgIpc) is 2.22. The van der Waals surface area contributed by atoms with E-state index in [0.717, 1.165) is 29.6 Å². The standard InChI is InChI=1S/C16H32/c1-9-13(6)15(8)16(10-11(2)3)14(7)12(4)5/h9,11-16H,1,10H2,2-8H3. The van der Waals surface area contributed by atoms with Crippen LogP contribution in [0.5, 0.6) is 0 Å². The molecule has 0 radical (unpaired) electrons. The molecule has 0 aromatic rings.